The molecule has 0 aromatic carbocycles. The van der Waals surface area contributed by atoms with Crippen LogP contribution in [0.4, 0.5) is 0 Å². The molecule has 0 heterocycles. The monoisotopic (exact) mass is 228 g/mol. The largest absolute Gasteiger partial charge is 0.396 e. The molecule has 0 saturated carbocycles. The summed E-state index contributed by atoms with van der Waals surface area (Å²) in [7, 11) is 1.66. The molecule has 94 valence electrons. The molecule has 0 spiro atoms. The lowest BCUT2D eigenvalue weighted by Crippen LogP contribution is -2.11. The summed E-state index contributed by atoms with van der Waals surface area (Å²) in [6, 6.07) is 0. The van der Waals surface area contributed by atoms with Crippen molar-refractivity contribution in [2.24, 2.45) is 0 Å². The number of aliphatic hydroxyl groups excluding tert-OH is 2. The van der Waals surface area contributed by atoms with Crippen LogP contribution in [-0.2, 0) is 4.74 Å². The van der Waals surface area contributed by atoms with Crippen LogP contribution in [0, 0.1) is 11.8 Å². The van der Waals surface area contributed by atoms with Crippen molar-refractivity contribution in [2.75, 3.05) is 13.7 Å². The number of unbranched alkanes of at least 4 members (excludes halogenated alkanes) is 1. The van der Waals surface area contributed by atoms with E-state index in [0.29, 0.717) is 6.42 Å². The lowest BCUT2D eigenvalue weighted by Gasteiger charge is -2.11. The maximum absolute atomic E-state index is 9.03. The molecule has 0 saturated heterocycles. The summed E-state index contributed by atoms with van der Waals surface area (Å²) in [5.41, 5.74) is 0. The molecule has 0 bridgehead atoms. The van der Waals surface area contributed by atoms with Crippen molar-refractivity contribution in [1.29, 1.82) is 0 Å². The summed E-state index contributed by atoms with van der Waals surface area (Å²) >= 11 is 0. The van der Waals surface area contributed by atoms with Gasteiger partial charge in [-0.05, 0) is 32.6 Å². The van der Waals surface area contributed by atoms with E-state index >= 15 is 0 Å². The SMILES string of the molecule is CO[C@@H](CCO)CCC#CCCC[C@@H](C)O. The van der Waals surface area contributed by atoms with Gasteiger partial charge in [-0.25, -0.2) is 0 Å². The Morgan fingerprint density at radius 1 is 1.12 bits per heavy atom. The van der Waals surface area contributed by atoms with Crippen LogP contribution >= 0.6 is 0 Å². The third-order valence-electron chi connectivity index (χ3n) is 2.42. The Morgan fingerprint density at radius 3 is 2.38 bits per heavy atom. The third kappa shape index (κ3) is 9.97. The lowest BCUT2D eigenvalue weighted by molar-refractivity contribution is 0.0723. The van der Waals surface area contributed by atoms with E-state index in [2.05, 4.69) is 11.8 Å². The molecule has 16 heavy (non-hydrogen) atoms. The Labute approximate surface area is 98.8 Å². The van der Waals surface area contributed by atoms with E-state index in [0.717, 1.165) is 32.1 Å². The molecule has 0 aliphatic heterocycles. The Kier molecular flexibility index (Phi) is 10.6. The Morgan fingerprint density at radius 2 is 1.81 bits per heavy atom. The number of hydrogen-bond acceptors (Lipinski definition) is 3. The molecule has 0 amide bonds. The Bertz CT molecular complexity index is 203. The highest BCUT2D eigenvalue weighted by Gasteiger charge is 2.04. The zero-order valence-electron chi connectivity index (χ0n) is 10.4. The van der Waals surface area contributed by atoms with Crippen molar-refractivity contribution >= 4 is 0 Å². The molecule has 3 heteroatoms. The minimum absolute atomic E-state index is 0.122. The maximum atomic E-state index is 9.03. The lowest BCUT2D eigenvalue weighted by atomic mass is 10.1. The quantitative estimate of drug-likeness (QED) is 0.491. The van der Waals surface area contributed by atoms with Crippen LogP contribution in [0.15, 0.2) is 0 Å². The van der Waals surface area contributed by atoms with Crippen molar-refractivity contribution < 1.29 is 14.9 Å². The van der Waals surface area contributed by atoms with Crippen molar-refractivity contribution in [2.45, 2.75) is 57.7 Å². The topological polar surface area (TPSA) is 49.7 Å². The van der Waals surface area contributed by atoms with Gasteiger partial charge in [-0.3, -0.25) is 0 Å². The zero-order valence-corrected chi connectivity index (χ0v) is 10.4. The molecule has 2 atom stereocenters. The van der Waals surface area contributed by atoms with Crippen LogP contribution in [0.1, 0.15) is 45.4 Å². The molecule has 0 aromatic heterocycles. The summed E-state index contributed by atoms with van der Waals surface area (Å²) in [6.07, 6.45) is 4.90. The van der Waals surface area contributed by atoms with Gasteiger partial charge in [0.05, 0.1) is 12.2 Å². The van der Waals surface area contributed by atoms with E-state index in [9.17, 15) is 0 Å². The van der Waals surface area contributed by atoms with Crippen LogP contribution < -0.4 is 0 Å². The van der Waals surface area contributed by atoms with E-state index in [4.69, 9.17) is 14.9 Å². The van der Waals surface area contributed by atoms with Gasteiger partial charge < -0.3 is 14.9 Å². The van der Waals surface area contributed by atoms with Crippen LogP contribution in [0.2, 0.25) is 0 Å². The van der Waals surface area contributed by atoms with E-state index in [1.165, 1.54) is 0 Å². The highest BCUT2D eigenvalue weighted by molar-refractivity contribution is 4.98. The average Bonchev–Trinajstić information content (AvgIpc) is 2.26. The highest BCUT2D eigenvalue weighted by atomic mass is 16.5. The zero-order chi connectivity index (χ0) is 12.2. The van der Waals surface area contributed by atoms with Gasteiger partial charge in [0, 0.05) is 26.6 Å². The molecular weight excluding hydrogens is 204 g/mol. The first-order valence-corrected chi connectivity index (χ1v) is 5.98. The van der Waals surface area contributed by atoms with E-state index in [1.807, 2.05) is 0 Å². The van der Waals surface area contributed by atoms with Gasteiger partial charge in [-0.2, -0.15) is 0 Å². The molecule has 0 fully saturated rings. The molecule has 3 nitrogen and oxygen atoms in total. The minimum Gasteiger partial charge on any atom is -0.396 e. The fraction of sp³-hybridized carbons (Fsp3) is 0.846. The minimum atomic E-state index is -0.218. The average molecular weight is 228 g/mol. The molecule has 0 aliphatic carbocycles. The van der Waals surface area contributed by atoms with Crippen LogP contribution in [-0.4, -0.2) is 36.1 Å². The fourth-order valence-corrected chi connectivity index (χ4v) is 1.42. The Hall–Kier alpha value is -0.560. The van der Waals surface area contributed by atoms with Gasteiger partial charge in [0.15, 0.2) is 0 Å². The first-order valence-electron chi connectivity index (χ1n) is 5.98. The van der Waals surface area contributed by atoms with Gasteiger partial charge in [0.1, 0.15) is 0 Å². The van der Waals surface area contributed by atoms with Crippen molar-refractivity contribution in [3.63, 3.8) is 0 Å². The molecule has 2 N–H and O–H groups in total. The molecular formula is C13H24O3. The molecule has 0 rings (SSSR count). The summed E-state index contributed by atoms with van der Waals surface area (Å²) in [5, 5.41) is 17.8. The first kappa shape index (κ1) is 15.4. The predicted molar refractivity (Wildman–Crippen MR) is 65.0 cm³/mol. The Balaban J connectivity index is 3.45. The van der Waals surface area contributed by atoms with E-state index < -0.39 is 0 Å². The summed E-state index contributed by atoms with van der Waals surface area (Å²) in [4.78, 5) is 0. The normalized spacial score (nSPS) is 14.0. The van der Waals surface area contributed by atoms with Crippen LogP contribution in [0.5, 0.6) is 0 Å². The second kappa shape index (κ2) is 10.9. The van der Waals surface area contributed by atoms with Gasteiger partial charge in [0.2, 0.25) is 0 Å². The van der Waals surface area contributed by atoms with Gasteiger partial charge >= 0.3 is 0 Å². The highest BCUT2D eigenvalue weighted by Crippen LogP contribution is 2.05. The number of methoxy groups -OCH3 is 1. The third-order valence-corrected chi connectivity index (χ3v) is 2.42. The van der Waals surface area contributed by atoms with Crippen molar-refractivity contribution in [1.82, 2.24) is 0 Å². The van der Waals surface area contributed by atoms with Crippen molar-refractivity contribution in [3.05, 3.63) is 0 Å². The summed E-state index contributed by atoms with van der Waals surface area (Å²) in [6.45, 7) is 1.96. The fourth-order valence-electron chi connectivity index (χ4n) is 1.42. The van der Waals surface area contributed by atoms with Crippen LogP contribution in [0.25, 0.3) is 0 Å². The molecule has 0 radical (unpaired) electrons. The standard InChI is InChI=1S/C13H24O3/c1-12(15)8-6-4-3-5-7-9-13(16-2)10-11-14/h12-15H,4,6-11H2,1-2H3/t12-,13-/m1/s1. The van der Waals surface area contributed by atoms with Crippen LogP contribution in [0.3, 0.4) is 0 Å². The second-order valence-electron chi connectivity index (χ2n) is 4.00. The molecule has 0 aliphatic rings. The summed E-state index contributed by atoms with van der Waals surface area (Å²) < 4.78 is 5.19. The van der Waals surface area contributed by atoms with E-state index in [1.54, 1.807) is 14.0 Å². The van der Waals surface area contributed by atoms with Crippen molar-refractivity contribution in [3.8, 4) is 11.8 Å². The smallest absolute Gasteiger partial charge is 0.0602 e. The molecule has 0 unspecified atom stereocenters. The molecule has 0 aromatic rings. The number of rotatable bonds is 8. The summed E-state index contributed by atoms with van der Waals surface area (Å²) in [5.74, 6) is 6.17. The van der Waals surface area contributed by atoms with Gasteiger partial charge in [-0.1, -0.05) is 0 Å². The second-order valence-corrected chi connectivity index (χ2v) is 4.00. The first-order chi connectivity index (χ1) is 7.70. The number of hydrogen-bond donors (Lipinski definition) is 2. The number of ether oxygens (including phenoxy) is 1. The van der Waals surface area contributed by atoms with Gasteiger partial charge in [-0.15, -0.1) is 11.8 Å². The maximum Gasteiger partial charge on any atom is 0.0602 e. The predicted octanol–water partition coefficient (Wildman–Crippen LogP) is 1.72. The van der Waals surface area contributed by atoms with E-state index in [-0.39, 0.29) is 18.8 Å². The van der Waals surface area contributed by atoms with Gasteiger partial charge in [0.25, 0.3) is 0 Å². The number of aliphatic hydroxyl groups is 2.